The molecule has 2 N–H and O–H groups in total. The summed E-state index contributed by atoms with van der Waals surface area (Å²) in [7, 11) is 2.11. The molecule has 2 aromatic carbocycles. The molecule has 2 heterocycles. The number of ether oxygens (including phenoxy) is 2. The highest BCUT2D eigenvalue weighted by molar-refractivity contribution is 5.81. The lowest BCUT2D eigenvalue weighted by Gasteiger charge is -2.31. The fourth-order valence-electron chi connectivity index (χ4n) is 4.12. The molecule has 0 unspecified atom stereocenters. The fraction of sp³-hybridized carbons (Fsp3) is 0.400. The number of H-pyrrole nitrogens is 1. The molecule has 0 aliphatic carbocycles. The smallest absolute Gasteiger partial charge is 0.273 e. The second-order valence-electron chi connectivity index (χ2n) is 8.47. The molecule has 180 valence electrons. The number of hydrogen-bond donors (Lipinski definition) is 2. The van der Waals surface area contributed by atoms with Gasteiger partial charge in [0.25, 0.3) is 11.1 Å². The summed E-state index contributed by atoms with van der Waals surface area (Å²) >= 11 is 0. The molecule has 3 aromatic rings. The number of nitrogens with one attached hydrogen (secondary N) is 2. The summed E-state index contributed by atoms with van der Waals surface area (Å²) in [6.45, 7) is 3.04. The molecule has 1 amide bonds. The number of nitrogens with zero attached hydrogens (tertiary/aromatic N) is 2. The number of hydrogen-bond acceptors (Lipinski definition) is 6. The van der Waals surface area contributed by atoms with E-state index in [0.717, 1.165) is 48.6 Å². The minimum Gasteiger partial charge on any atom is -0.492 e. The molecule has 1 aliphatic rings. The van der Waals surface area contributed by atoms with Crippen LogP contribution in [0.2, 0.25) is 0 Å². The maximum atomic E-state index is 12.6. The highest BCUT2D eigenvalue weighted by Gasteiger charge is 2.18. The zero-order valence-electron chi connectivity index (χ0n) is 19.3. The monoisotopic (exact) mass is 466 g/mol. The van der Waals surface area contributed by atoms with E-state index in [-0.39, 0.29) is 24.4 Å². The van der Waals surface area contributed by atoms with Crippen molar-refractivity contribution in [2.24, 2.45) is 0 Å². The van der Waals surface area contributed by atoms with Crippen LogP contribution in [0.15, 0.2) is 58.1 Å². The minimum absolute atomic E-state index is 0.270. The van der Waals surface area contributed by atoms with Gasteiger partial charge in [0.1, 0.15) is 18.9 Å². The highest BCUT2D eigenvalue weighted by Crippen LogP contribution is 2.15. The van der Waals surface area contributed by atoms with Crippen molar-refractivity contribution in [3.05, 3.63) is 74.8 Å². The molecule has 4 rings (SSSR count). The number of fused-ring (bicyclic) bond motifs is 1. The Balaban J connectivity index is 1.28. The predicted molar refractivity (Wildman–Crippen MR) is 129 cm³/mol. The zero-order chi connectivity index (χ0) is 23.9. The van der Waals surface area contributed by atoms with Gasteiger partial charge in [0.05, 0.1) is 10.8 Å². The van der Waals surface area contributed by atoms with Crippen molar-refractivity contribution in [3.63, 3.8) is 0 Å². The van der Waals surface area contributed by atoms with Crippen LogP contribution in [0.1, 0.15) is 18.4 Å². The summed E-state index contributed by atoms with van der Waals surface area (Å²) in [5.74, 6) is 0.361. The Labute approximate surface area is 197 Å². The van der Waals surface area contributed by atoms with E-state index in [1.807, 2.05) is 24.3 Å². The van der Waals surface area contributed by atoms with Crippen LogP contribution in [0.5, 0.6) is 5.75 Å². The Bertz CT molecular complexity index is 1250. The van der Waals surface area contributed by atoms with Gasteiger partial charge in [0.15, 0.2) is 0 Å². The highest BCUT2D eigenvalue weighted by atomic mass is 16.5. The van der Waals surface area contributed by atoms with Crippen molar-refractivity contribution in [1.29, 1.82) is 0 Å². The Morgan fingerprint density at radius 3 is 2.71 bits per heavy atom. The third-order valence-corrected chi connectivity index (χ3v) is 6.10. The third kappa shape index (κ3) is 5.92. The van der Waals surface area contributed by atoms with E-state index in [1.54, 1.807) is 24.3 Å². The molecule has 0 spiro atoms. The molecule has 0 bridgehead atoms. The fourth-order valence-corrected chi connectivity index (χ4v) is 4.12. The van der Waals surface area contributed by atoms with Gasteiger partial charge in [0.2, 0.25) is 5.91 Å². The Morgan fingerprint density at radius 1 is 1.15 bits per heavy atom. The topological polar surface area (TPSA) is 106 Å². The summed E-state index contributed by atoms with van der Waals surface area (Å²) in [4.78, 5) is 39.5. The Morgan fingerprint density at radius 2 is 1.91 bits per heavy atom. The summed E-state index contributed by atoms with van der Waals surface area (Å²) in [6, 6.07) is 14.6. The molecule has 34 heavy (non-hydrogen) atoms. The van der Waals surface area contributed by atoms with Gasteiger partial charge >= 0.3 is 0 Å². The van der Waals surface area contributed by atoms with E-state index < -0.39 is 11.1 Å². The second kappa shape index (κ2) is 11.1. The third-order valence-electron chi connectivity index (χ3n) is 6.10. The average molecular weight is 467 g/mol. The van der Waals surface area contributed by atoms with E-state index in [2.05, 4.69) is 22.4 Å². The number of carbonyl (C=O) groups is 1. The number of rotatable bonds is 9. The number of aromatic nitrogens is 2. The molecule has 1 saturated heterocycles. The summed E-state index contributed by atoms with van der Waals surface area (Å²) in [6.07, 6.45) is 2.09. The zero-order valence-corrected chi connectivity index (χ0v) is 19.3. The first kappa shape index (κ1) is 23.7. The molecule has 0 radical (unpaired) electrons. The van der Waals surface area contributed by atoms with Crippen molar-refractivity contribution in [2.45, 2.75) is 32.0 Å². The van der Waals surface area contributed by atoms with E-state index >= 15 is 0 Å². The molecule has 1 aliphatic heterocycles. The van der Waals surface area contributed by atoms with Crippen LogP contribution >= 0.6 is 0 Å². The van der Waals surface area contributed by atoms with Crippen molar-refractivity contribution >= 4 is 16.7 Å². The lowest BCUT2D eigenvalue weighted by atomic mass is 10.1. The van der Waals surface area contributed by atoms with Gasteiger partial charge in [-0.15, -0.1) is 0 Å². The molecule has 1 aromatic heterocycles. The van der Waals surface area contributed by atoms with Gasteiger partial charge in [-0.1, -0.05) is 24.3 Å². The van der Waals surface area contributed by atoms with Crippen LogP contribution in [0.4, 0.5) is 0 Å². The van der Waals surface area contributed by atoms with Crippen LogP contribution in [0, 0.1) is 0 Å². The number of benzene rings is 2. The summed E-state index contributed by atoms with van der Waals surface area (Å²) in [5, 5.41) is 5.85. The SMILES string of the molecule is CN(CCOc1cccc(CNC(=O)Cn2[nH]c(=O)c3ccccc3c2=O)c1)C1CCOCC1. The van der Waals surface area contributed by atoms with E-state index in [0.29, 0.717) is 18.0 Å². The van der Waals surface area contributed by atoms with Crippen LogP contribution < -0.4 is 21.2 Å². The molecular weight excluding hydrogens is 436 g/mol. The number of likely N-dealkylation sites (N-methyl/N-ethyl adjacent to an activating group) is 1. The van der Waals surface area contributed by atoms with E-state index in [4.69, 9.17) is 9.47 Å². The lowest BCUT2D eigenvalue weighted by Crippen LogP contribution is -2.38. The van der Waals surface area contributed by atoms with Crippen molar-refractivity contribution < 1.29 is 14.3 Å². The second-order valence-corrected chi connectivity index (χ2v) is 8.47. The normalized spacial score (nSPS) is 14.4. The van der Waals surface area contributed by atoms with Gasteiger partial charge in [-0.2, -0.15) is 0 Å². The van der Waals surface area contributed by atoms with E-state index in [1.165, 1.54) is 0 Å². The number of amides is 1. The Kier molecular flexibility index (Phi) is 7.76. The molecule has 9 heteroatoms. The van der Waals surface area contributed by atoms with Crippen LogP contribution in [0.3, 0.4) is 0 Å². The molecule has 1 fully saturated rings. The van der Waals surface area contributed by atoms with Crippen molar-refractivity contribution in [1.82, 2.24) is 20.0 Å². The summed E-state index contributed by atoms with van der Waals surface area (Å²) < 4.78 is 12.4. The minimum atomic E-state index is -0.411. The molecule has 0 atom stereocenters. The van der Waals surface area contributed by atoms with Crippen LogP contribution in [-0.4, -0.2) is 60.0 Å². The lowest BCUT2D eigenvalue weighted by molar-refractivity contribution is -0.122. The predicted octanol–water partition coefficient (Wildman–Crippen LogP) is 1.50. The van der Waals surface area contributed by atoms with Crippen LogP contribution in [-0.2, 0) is 22.6 Å². The number of aromatic amines is 1. The maximum Gasteiger partial charge on any atom is 0.273 e. The largest absolute Gasteiger partial charge is 0.492 e. The first-order valence-corrected chi connectivity index (χ1v) is 11.5. The summed E-state index contributed by atoms with van der Waals surface area (Å²) in [5.41, 5.74) is 0.0600. The first-order chi connectivity index (χ1) is 16.5. The molecule has 0 saturated carbocycles. The standard InChI is InChI=1S/C25H30N4O5/c1-28(19-9-12-33-13-10-19)11-14-34-20-6-4-5-18(15-20)16-26-23(30)17-29-25(32)22-8-3-2-7-21(22)24(31)27-29/h2-8,15,19H,9-14,16-17H2,1H3,(H,26,30)(H,27,31). The molecular formula is C25H30N4O5. The van der Waals surface area contributed by atoms with Gasteiger partial charge in [-0.25, -0.2) is 4.68 Å². The van der Waals surface area contributed by atoms with Crippen molar-refractivity contribution in [2.75, 3.05) is 33.4 Å². The average Bonchev–Trinajstić information content (AvgIpc) is 2.86. The molecule has 9 nitrogen and oxygen atoms in total. The maximum absolute atomic E-state index is 12.6. The quantitative estimate of drug-likeness (QED) is 0.495. The van der Waals surface area contributed by atoms with Gasteiger partial charge in [-0.3, -0.25) is 24.4 Å². The van der Waals surface area contributed by atoms with E-state index in [9.17, 15) is 14.4 Å². The number of carbonyl (C=O) groups excluding carboxylic acids is 1. The van der Waals surface area contributed by atoms with Gasteiger partial charge in [0, 0.05) is 32.3 Å². The van der Waals surface area contributed by atoms with Gasteiger partial charge in [-0.05, 0) is 49.7 Å². The first-order valence-electron chi connectivity index (χ1n) is 11.5. The van der Waals surface area contributed by atoms with Gasteiger partial charge < -0.3 is 14.8 Å². The van der Waals surface area contributed by atoms with Crippen molar-refractivity contribution in [3.8, 4) is 5.75 Å². The van der Waals surface area contributed by atoms with Crippen LogP contribution in [0.25, 0.3) is 10.8 Å². The Hall–Kier alpha value is -3.43.